The molecule has 106 valence electrons. The number of benzene rings is 1. The lowest BCUT2D eigenvalue weighted by Gasteiger charge is -2.07. The number of primary amides is 1. The number of carbonyl (C=O) groups excluding carboxylic acids is 1. The van der Waals surface area contributed by atoms with Crippen LogP contribution < -0.4 is 10.5 Å². The maximum Gasteiger partial charge on any atom is 0.248 e. The minimum Gasteiger partial charge on any atom is -0.494 e. The monoisotopic (exact) mass is 265 g/mol. The van der Waals surface area contributed by atoms with Crippen LogP contribution in [0.4, 0.5) is 0 Å². The second kappa shape index (κ2) is 9.39. The maximum atomic E-state index is 11.0. The van der Waals surface area contributed by atoms with Crippen LogP contribution in [0.5, 0.6) is 5.75 Å². The molecule has 0 bridgehead atoms. The molecule has 0 spiro atoms. The van der Waals surface area contributed by atoms with Gasteiger partial charge in [0.1, 0.15) is 5.75 Å². The van der Waals surface area contributed by atoms with Crippen molar-refractivity contribution in [2.75, 3.05) is 19.8 Å². The number of ether oxygens (including phenoxy) is 2. The molecule has 0 fully saturated rings. The van der Waals surface area contributed by atoms with Gasteiger partial charge in [-0.05, 0) is 43.9 Å². The van der Waals surface area contributed by atoms with Crippen molar-refractivity contribution in [2.45, 2.75) is 32.6 Å². The van der Waals surface area contributed by atoms with E-state index in [2.05, 4.69) is 6.92 Å². The first-order valence-corrected chi connectivity index (χ1v) is 6.84. The third kappa shape index (κ3) is 6.82. The Morgan fingerprint density at radius 3 is 2.68 bits per heavy atom. The standard InChI is InChI=1S/C15H23NO3/c1-2-9-18-10-4-3-5-11-19-14-8-6-7-13(12-14)15(16)17/h6-8,12H,2-5,9-11H2,1H3,(H2,16,17). The Balaban J connectivity index is 2.12. The summed E-state index contributed by atoms with van der Waals surface area (Å²) in [6.07, 6.45) is 4.19. The predicted molar refractivity (Wildman–Crippen MR) is 75.4 cm³/mol. The molecule has 0 aliphatic carbocycles. The van der Waals surface area contributed by atoms with Crippen molar-refractivity contribution in [3.63, 3.8) is 0 Å². The number of unbranched alkanes of at least 4 members (excludes halogenated alkanes) is 2. The average Bonchev–Trinajstić information content (AvgIpc) is 2.42. The van der Waals surface area contributed by atoms with Gasteiger partial charge in [-0.1, -0.05) is 13.0 Å². The number of rotatable bonds is 10. The number of nitrogens with two attached hydrogens (primary N) is 1. The lowest BCUT2D eigenvalue weighted by molar-refractivity contribution is 0.0999. The van der Waals surface area contributed by atoms with Gasteiger partial charge in [-0.25, -0.2) is 0 Å². The van der Waals surface area contributed by atoms with Crippen LogP contribution in [0, 0.1) is 0 Å². The molecule has 1 aromatic carbocycles. The van der Waals surface area contributed by atoms with Crippen molar-refractivity contribution in [2.24, 2.45) is 5.73 Å². The van der Waals surface area contributed by atoms with Gasteiger partial charge in [-0.3, -0.25) is 4.79 Å². The Labute approximate surface area is 114 Å². The van der Waals surface area contributed by atoms with E-state index in [-0.39, 0.29) is 0 Å². The van der Waals surface area contributed by atoms with Crippen molar-refractivity contribution >= 4 is 5.91 Å². The molecule has 0 radical (unpaired) electrons. The molecule has 0 saturated heterocycles. The molecule has 1 rings (SSSR count). The van der Waals surface area contributed by atoms with E-state index in [0.717, 1.165) is 38.9 Å². The molecule has 0 aliphatic heterocycles. The first-order chi connectivity index (χ1) is 9.24. The van der Waals surface area contributed by atoms with Gasteiger partial charge in [0.05, 0.1) is 6.61 Å². The highest BCUT2D eigenvalue weighted by Gasteiger charge is 2.01. The Bertz CT molecular complexity index is 379. The van der Waals surface area contributed by atoms with Crippen LogP contribution >= 0.6 is 0 Å². The normalized spacial score (nSPS) is 10.4. The quantitative estimate of drug-likeness (QED) is 0.662. The fourth-order valence-electron chi connectivity index (χ4n) is 1.66. The predicted octanol–water partition coefficient (Wildman–Crippen LogP) is 2.76. The van der Waals surface area contributed by atoms with E-state index in [9.17, 15) is 4.79 Å². The number of hydrogen-bond donors (Lipinski definition) is 1. The zero-order valence-electron chi connectivity index (χ0n) is 11.6. The molecule has 0 saturated carbocycles. The van der Waals surface area contributed by atoms with Crippen LogP contribution in [0.2, 0.25) is 0 Å². The van der Waals surface area contributed by atoms with Crippen molar-refractivity contribution in [1.82, 2.24) is 0 Å². The van der Waals surface area contributed by atoms with E-state index >= 15 is 0 Å². The number of hydrogen-bond acceptors (Lipinski definition) is 3. The van der Waals surface area contributed by atoms with E-state index < -0.39 is 5.91 Å². The lowest BCUT2D eigenvalue weighted by Crippen LogP contribution is -2.10. The average molecular weight is 265 g/mol. The molecule has 19 heavy (non-hydrogen) atoms. The van der Waals surface area contributed by atoms with Gasteiger partial charge in [0.25, 0.3) is 0 Å². The first-order valence-electron chi connectivity index (χ1n) is 6.84. The molecule has 0 unspecified atom stereocenters. The van der Waals surface area contributed by atoms with Gasteiger partial charge < -0.3 is 15.2 Å². The minimum absolute atomic E-state index is 0.432. The molecule has 1 amide bonds. The second-order valence-corrected chi connectivity index (χ2v) is 4.41. The molecule has 0 atom stereocenters. The smallest absolute Gasteiger partial charge is 0.248 e. The summed E-state index contributed by atoms with van der Waals surface area (Å²) >= 11 is 0. The molecule has 0 aliphatic rings. The van der Waals surface area contributed by atoms with Crippen molar-refractivity contribution in [1.29, 1.82) is 0 Å². The van der Waals surface area contributed by atoms with Crippen LogP contribution in [0.3, 0.4) is 0 Å². The highest BCUT2D eigenvalue weighted by atomic mass is 16.5. The van der Waals surface area contributed by atoms with E-state index in [1.54, 1.807) is 18.2 Å². The summed E-state index contributed by atoms with van der Waals surface area (Å²) in [5.74, 6) is 0.261. The first kappa shape index (κ1) is 15.5. The summed E-state index contributed by atoms with van der Waals surface area (Å²) in [7, 11) is 0. The van der Waals surface area contributed by atoms with Crippen LogP contribution in [-0.4, -0.2) is 25.7 Å². The van der Waals surface area contributed by atoms with Gasteiger partial charge in [-0.2, -0.15) is 0 Å². The minimum atomic E-state index is -0.432. The second-order valence-electron chi connectivity index (χ2n) is 4.41. The molecule has 0 aromatic heterocycles. The molecular formula is C15H23NO3. The summed E-state index contributed by atoms with van der Waals surface area (Å²) in [5, 5.41) is 0. The van der Waals surface area contributed by atoms with Gasteiger partial charge in [-0.15, -0.1) is 0 Å². The van der Waals surface area contributed by atoms with Crippen molar-refractivity contribution < 1.29 is 14.3 Å². The molecule has 1 aromatic rings. The SMILES string of the molecule is CCCOCCCCCOc1cccc(C(N)=O)c1. The molecule has 2 N–H and O–H groups in total. The Hall–Kier alpha value is -1.55. The van der Waals surface area contributed by atoms with Gasteiger partial charge in [0, 0.05) is 18.8 Å². The van der Waals surface area contributed by atoms with E-state index in [1.807, 2.05) is 6.07 Å². The molecule has 0 heterocycles. The fraction of sp³-hybridized carbons (Fsp3) is 0.533. The zero-order valence-corrected chi connectivity index (χ0v) is 11.6. The lowest BCUT2D eigenvalue weighted by atomic mass is 10.2. The van der Waals surface area contributed by atoms with E-state index in [4.69, 9.17) is 15.2 Å². The Morgan fingerprint density at radius 1 is 1.16 bits per heavy atom. The topological polar surface area (TPSA) is 61.6 Å². The third-order valence-electron chi connectivity index (χ3n) is 2.67. The van der Waals surface area contributed by atoms with E-state index in [0.29, 0.717) is 17.9 Å². The molecule has 4 heteroatoms. The van der Waals surface area contributed by atoms with Crippen LogP contribution in [0.1, 0.15) is 43.0 Å². The maximum absolute atomic E-state index is 11.0. The fourth-order valence-corrected chi connectivity index (χ4v) is 1.66. The van der Waals surface area contributed by atoms with E-state index in [1.165, 1.54) is 0 Å². The van der Waals surface area contributed by atoms with Gasteiger partial charge >= 0.3 is 0 Å². The number of carbonyl (C=O) groups is 1. The third-order valence-corrected chi connectivity index (χ3v) is 2.67. The Morgan fingerprint density at radius 2 is 1.95 bits per heavy atom. The number of amides is 1. The van der Waals surface area contributed by atoms with Crippen molar-refractivity contribution in [3.8, 4) is 5.75 Å². The summed E-state index contributed by atoms with van der Waals surface area (Å²) in [4.78, 5) is 11.0. The summed E-state index contributed by atoms with van der Waals surface area (Å²) < 4.78 is 11.0. The van der Waals surface area contributed by atoms with Crippen LogP contribution in [0.25, 0.3) is 0 Å². The summed E-state index contributed by atoms with van der Waals surface area (Å²) in [6.45, 7) is 4.42. The van der Waals surface area contributed by atoms with Gasteiger partial charge in [0.15, 0.2) is 0 Å². The zero-order chi connectivity index (χ0) is 13.9. The molecule has 4 nitrogen and oxygen atoms in total. The van der Waals surface area contributed by atoms with Crippen LogP contribution in [0.15, 0.2) is 24.3 Å². The van der Waals surface area contributed by atoms with Gasteiger partial charge in [0.2, 0.25) is 5.91 Å². The highest BCUT2D eigenvalue weighted by Crippen LogP contribution is 2.13. The largest absolute Gasteiger partial charge is 0.494 e. The van der Waals surface area contributed by atoms with Crippen molar-refractivity contribution in [3.05, 3.63) is 29.8 Å². The summed E-state index contributed by atoms with van der Waals surface area (Å²) in [5.41, 5.74) is 5.69. The Kier molecular flexibility index (Phi) is 7.66. The highest BCUT2D eigenvalue weighted by molar-refractivity contribution is 5.93. The molecular weight excluding hydrogens is 242 g/mol. The van der Waals surface area contributed by atoms with Crippen LogP contribution in [-0.2, 0) is 4.74 Å². The summed E-state index contributed by atoms with van der Waals surface area (Å²) in [6, 6.07) is 6.96.